The van der Waals surface area contributed by atoms with Crippen LogP contribution in [0.5, 0.6) is 5.75 Å². The summed E-state index contributed by atoms with van der Waals surface area (Å²) in [6.45, 7) is 6.65. The highest BCUT2D eigenvalue weighted by Crippen LogP contribution is 2.23. The Hall–Kier alpha value is -1.85. The molecule has 0 aliphatic carbocycles. The van der Waals surface area contributed by atoms with Gasteiger partial charge in [-0.15, -0.1) is 13.2 Å². The van der Waals surface area contributed by atoms with Crippen molar-refractivity contribution in [1.29, 1.82) is 0 Å². The fourth-order valence-electron chi connectivity index (χ4n) is 3.15. The van der Waals surface area contributed by atoms with Gasteiger partial charge in [-0.3, -0.25) is 9.69 Å². The predicted molar refractivity (Wildman–Crippen MR) is 105 cm³/mol. The molecule has 1 heterocycles. The number of piperidine rings is 1. The van der Waals surface area contributed by atoms with Gasteiger partial charge in [0.2, 0.25) is 15.9 Å². The molecule has 1 aromatic carbocycles. The SMILES string of the molecule is CC1CCN(C(C)CNC(=O)CCNS(=O)(=O)c2ccc(OC(F)(F)F)cc2)CC1. The van der Waals surface area contributed by atoms with E-state index in [0.29, 0.717) is 6.54 Å². The van der Waals surface area contributed by atoms with Crippen LogP contribution >= 0.6 is 0 Å². The van der Waals surface area contributed by atoms with Crippen molar-refractivity contribution in [3.05, 3.63) is 24.3 Å². The van der Waals surface area contributed by atoms with Crippen molar-refractivity contribution in [3.63, 3.8) is 0 Å². The van der Waals surface area contributed by atoms with E-state index >= 15 is 0 Å². The molecular weight excluding hydrogens is 423 g/mol. The minimum Gasteiger partial charge on any atom is -0.406 e. The molecule has 1 aliphatic rings. The van der Waals surface area contributed by atoms with Gasteiger partial charge in [0.05, 0.1) is 4.90 Å². The normalized spacial score (nSPS) is 17.5. The zero-order chi connectivity index (χ0) is 22.4. The Kier molecular flexibility index (Phi) is 8.51. The Morgan fingerprint density at radius 3 is 2.40 bits per heavy atom. The van der Waals surface area contributed by atoms with E-state index in [1.807, 2.05) is 6.92 Å². The molecule has 1 amide bonds. The molecule has 1 aliphatic heterocycles. The van der Waals surface area contributed by atoms with Crippen molar-refractivity contribution >= 4 is 15.9 Å². The van der Waals surface area contributed by atoms with Crippen LogP contribution in [0.4, 0.5) is 13.2 Å². The molecule has 1 fully saturated rings. The maximum Gasteiger partial charge on any atom is 0.573 e. The third-order valence-corrected chi connectivity index (χ3v) is 6.52. The van der Waals surface area contributed by atoms with Gasteiger partial charge in [-0.2, -0.15) is 0 Å². The van der Waals surface area contributed by atoms with Gasteiger partial charge in [0.25, 0.3) is 0 Å². The number of alkyl halides is 3. The number of carbonyl (C=O) groups excluding carboxylic acids is 1. The molecule has 0 radical (unpaired) electrons. The lowest BCUT2D eigenvalue weighted by Crippen LogP contribution is -2.45. The number of nitrogens with zero attached hydrogens (tertiary/aromatic N) is 1. The number of hydrogen-bond donors (Lipinski definition) is 2. The van der Waals surface area contributed by atoms with Crippen LogP contribution in [-0.2, 0) is 14.8 Å². The Balaban J connectivity index is 1.73. The number of amides is 1. The molecule has 0 aromatic heterocycles. The topological polar surface area (TPSA) is 87.7 Å². The second-order valence-corrected chi connectivity index (χ2v) is 9.31. The number of nitrogens with one attached hydrogen (secondary N) is 2. The quantitative estimate of drug-likeness (QED) is 0.602. The zero-order valence-corrected chi connectivity index (χ0v) is 17.9. The summed E-state index contributed by atoms with van der Waals surface area (Å²) in [4.78, 5) is 14.1. The van der Waals surface area contributed by atoms with Gasteiger partial charge in [-0.25, -0.2) is 13.1 Å². The third-order valence-electron chi connectivity index (χ3n) is 5.05. The molecule has 1 saturated heterocycles. The van der Waals surface area contributed by atoms with E-state index in [-0.39, 0.29) is 29.8 Å². The molecule has 30 heavy (non-hydrogen) atoms. The van der Waals surface area contributed by atoms with E-state index in [0.717, 1.165) is 56.1 Å². The number of ether oxygens (including phenoxy) is 1. The van der Waals surface area contributed by atoms with Crippen molar-refractivity contribution in [2.45, 2.75) is 50.4 Å². The lowest BCUT2D eigenvalue weighted by Gasteiger charge is -2.35. The molecule has 170 valence electrons. The van der Waals surface area contributed by atoms with E-state index in [9.17, 15) is 26.4 Å². The van der Waals surface area contributed by atoms with Crippen LogP contribution < -0.4 is 14.8 Å². The van der Waals surface area contributed by atoms with Crippen molar-refractivity contribution in [2.75, 3.05) is 26.2 Å². The minimum absolute atomic E-state index is 0.0434. The smallest absolute Gasteiger partial charge is 0.406 e. The summed E-state index contributed by atoms with van der Waals surface area (Å²) in [5.74, 6) is -0.0635. The fourth-order valence-corrected chi connectivity index (χ4v) is 4.18. The standard InChI is InChI=1S/C19H28F3N3O4S/c1-14-8-11-25(12-9-14)15(2)13-23-18(26)7-10-24-30(27,28)17-5-3-16(4-6-17)29-19(20,21)22/h3-6,14-15,24H,7-13H2,1-2H3,(H,23,26). The molecule has 7 nitrogen and oxygen atoms in total. The third kappa shape index (κ3) is 8.11. The van der Waals surface area contributed by atoms with Gasteiger partial charge in [-0.1, -0.05) is 6.92 Å². The first-order chi connectivity index (χ1) is 14.0. The maximum atomic E-state index is 12.2. The van der Waals surface area contributed by atoms with Gasteiger partial charge in [0, 0.05) is 25.6 Å². The first-order valence-electron chi connectivity index (χ1n) is 9.82. The van der Waals surface area contributed by atoms with E-state index in [2.05, 4.69) is 26.6 Å². The lowest BCUT2D eigenvalue weighted by molar-refractivity contribution is -0.274. The average molecular weight is 452 g/mol. The van der Waals surface area contributed by atoms with Gasteiger partial charge in [0.1, 0.15) is 5.75 Å². The molecule has 2 rings (SSSR count). The van der Waals surface area contributed by atoms with Crippen molar-refractivity contribution in [2.24, 2.45) is 5.92 Å². The summed E-state index contributed by atoms with van der Waals surface area (Å²) >= 11 is 0. The van der Waals surface area contributed by atoms with Crippen LogP contribution in [0.25, 0.3) is 0 Å². The highest BCUT2D eigenvalue weighted by Gasteiger charge is 2.31. The van der Waals surface area contributed by atoms with Crippen molar-refractivity contribution < 1.29 is 31.1 Å². The second kappa shape index (κ2) is 10.5. The Morgan fingerprint density at radius 1 is 1.23 bits per heavy atom. The number of hydrogen-bond acceptors (Lipinski definition) is 5. The highest BCUT2D eigenvalue weighted by atomic mass is 32.2. The van der Waals surface area contributed by atoms with Gasteiger partial charge < -0.3 is 10.1 Å². The van der Waals surface area contributed by atoms with Crippen LogP contribution in [0.3, 0.4) is 0 Å². The molecule has 11 heteroatoms. The summed E-state index contributed by atoms with van der Waals surface area (Å²) in [6.07, 6.45) is -2.61. The Morgan fingerprint density at radius 2 is 1.83 bits per heavy atom. The van der Waals surface area contributed by atoms with Crippen LogP contribution in [0.15, 0.2) is 29.2 Å². The second-order valence-electron chi connectivity index (χ2n) is 7.54. The van der Waals surface area contributed by atoms with E-state index < -0.39 is 22.1 Å². The summed E-state index contributed by atoms with van der Waals surface area (Å²) < 4.78 is 66.8. The molecule has 1 aromatic rings. The lowest BCUT2D eigenvalue weighted by atomic mass is 9.98. The van der Waals surface area contributed by atoms with Gasteiger partial charge >= 0.3 is 6.36 Å². The number of halogens is 3. The molecule has 0 saturated carbocycles. The average Bonchev–Trinajstić information content (AvgIpc) is 2.65. The van der Waals surface area contributed by atoms with Gasteiger partial charge in [-0.05, 0) is 63.0 Å². The minimum atomic E-state index is -4.85. The number of rotatable bonds is 9. The Labute approximate surface area is 175 Å². The summed E-state index contributed by atoms with van der Waals surface area (Å²) in [5.41, 5.74) is 0. The highest BCUT2D eigenvalue weighted by molar-refractivity contribution is 7.89. The number of carbonyl (C=O) groups is 1. The number of likely N-dealkylation sites (tertiary alicyclic amines) is 1. The summed E-state index contributed by atoms with van der Waals surface area (Å²) in [6, 6.07) is 4.04. The van der Waals surface area contributed by atoms with Crippen LogP contribution in [-0.4, -0.2) is 57.8 Å². The largest absolute Gasteiger partial charge is 0.573 e. The zero-order valence-electron chi connectivity index (χ0n) is 17.0. The van der Waals surface area contributed by atoms with Crippen LogP contribution in [0.1, 0.15) is 33.1 Å². The van der Waals surface area contributed by atoms with Gasteiger partial charge in [0.15, 0.2) is 0 Å². The maximum absolute atomic E-state index is 12.2. The monoisotopic (exact) mass is 451 g/mol. The van der Waals surface area contributed by atoms with E-state index in [1.54, 1.807) is 0 Å². The van der Waals surface area contributed by atoms with E-state index in [1.165, 1.54) is 0 Å². The Bertz CT molecular complexity index is 792. The van der Waals surface area contributed by atoms with Crippen molar-refractivity contribution in [1.82, 2.24) is 14.9 Å². The molecular formula is C19H28F3N3O4S. The van der Waals surface area contributed by atoms with Crippen LogP contribution in [0, 0.1) is 5.92 Å². The van der Waals surface area contributed by atoms with Crippen molar-refractivity contribution in [3.8, 4) is 5.75 Å². The summed E-state index contributed by atoms with van der Waals surface area (Å²) in [7, 11) is -3.95. The molecule has 0 bridgehead atoms. The number of benzene rings is 1. The fraction of sp³-hybridized carbons (Fsp3) is 0.632. The molecule has 2 N–H and O–H groups in total. The van der Waals surface area contributed by atoms with E-state index in [4.69, 9.17) is 0 Å². The van der Waals surface area contributed by atoms with Crippen LogP contribution in [0.2, 0.25) is 0 Å². The number of sulfonamides is 1. The summed E-state index contributed by atoms with van der Waals surface area (Å²) in [5, 5.41) is 2.81. The molecule has 1 atom stereocenters. The first kappa shape index (κ1) is 24.4. The molecule has 0 spiro atoms. The first-order valence-corrected chi connectivity index (χ1v) is 11.3. The predicted octanol–water partition coefficient (Wildman–Crippen LogP) is 2.49. The molecule has 1 unspecified atom stereocenters.